The van der Waals surface area contributed by atoms with Gasteiger partial charge in [0.05, 0.1) is 18.2 Å². The summed E-state index contributed by atoms with van der Waals surface area (Å²) in [6.45, 7) is 6.58. The van der Waals surface area contributed by atoms with Gasteiger partial charge in [-0.15, -0.1) is 0 Å². The molecule has 2 amide bonds. The second-order valence-electron chi connectivity index (χ2n) is 8.49. The van der Waals surface area contributed by atoms with E-state index in [-0.39, 0.29) is 6.61 Å². The third-order valence-corrected chi connectivity index (χ3v) is 5.95. The molecular weight excluding hydrogens is 456 g/mol. The van der Waals surface area contributed by atoms with Gasteiger partial charge in [0.25, 0.3) is 0 Å². The van der Waals surface area contributed by atoms with Crippen molar-refractivity contribution in [2.24, 2.45) is 0 Å². The largest absolute Gasteiger partial charge is 0.490 e. The maximum atomic E-state index is 13.1. The van der Waals surface area contributed by atoms with Crippen molar-refractivity contribution in [2.45, 2.75) is 40.0 Å². The van der Waals surface area contributed by atoms with Gasteiger partial charge in [0.15, 0.2) is 11.5 Å². The van der Waals surface area contributed by atoms with Crippen LogP contribution >= 0.6 is 0 Å². The molecule has 0 saturated carbocycles. The minimum Gasteiger partial charge on any atom is -0.490 e. The predicted molar refractivity (Wildman–Crippen MR) is 136 cm³/mol. The minimum absolute atomic E-state index is 0.132. The third-order valence-electron chi connectivity index (χ3n) is 5.95. The molecule has 4 rings (SSSR count). The Morgan fingerprint density at radius 2 is 1.64 bits per heavy atom. The lowest BCUT2D eigenvalue weighted by Crippen LogP contribution is -2.45. The zero-order chi connectivity index (χ0) is 25.5. The van der Waals surface area contributed by atoms with Crippen molar-refractivity contribution in [3.63, 3.8) is 0 Å². The molecule has 2 N–H and O–H groups in total. The van der Waals surface area contributed by atoms with E-state index in [0.29, 0.717) is 41.5 Å². The van der Waals surface area contributed by atoms with Crippen molar-refractivity contribution in [1.82, 2.24) is 10.6 Å². The van der Waals surface area contributed by atoms with Crippen molar-refractivity contribution in [2.75, 3.05) is 6.61 Å². The summed E-state index contributed by atoms with van der Waals surface area (Å²) in [6.07, 6.45) is 0. The fourth-order valence-electron chi connectivity index (χ4n) is 4.03. The first-order valence-electron chi connectivity index (χ1n) is 11.9. The Labute approximate surface area is 211 Å². The number of allylic oxidation sites excluding steroid dienone is 1. The molecule has 7 nitrogen and oxygen atoms in total. The highest BCUT2D eigenvalue weighted by Gasteiger charge is 2.33. The van der Waals surface area contributed by atoms with E-state index in [4.69, 9.17) is 14.2 Å². The molecule has 0 radical (unpaired) electrons. The molecule has 0 fully saturated rings. The molecule has 0 bridgehead atoms. The van der Waals surface area contributed by atoms with Gasteiger partial charge in [-0.05, 0) is 55.2 Å². The van der Waals surface area contributed by atoms with Crippen LogP contribution in [0.15, 0.2) is 84.1 Å². The molecule has 3 aromatic rings. The van der Waals surface area contributed by atoms with Gasteiger partial charge in [0.2, 0.25) is 0 Å². The Morgan fingerprint density at radius 3 is 2.39 bits per heavy atom. The molecule has 1 unspecified atom stereocenters. The average Bonchev–Trinajstić information content (AvgIpc) is 2.87. The van der Waals surface area contributed by atoms with Crippen LogP contribution in [0.4, 0.5) is 4.79 Å². The van der Waals surface area contributed by atoms with E-state index in [9.17, 15) is 9.59 Å². The van der Waals surface area contributed by atoms with Gasteiger partial charge in [0.1, 0.15) is 13.2 Å². The first-order chi connectivity index (χ1) is 17.5. The third kappa shape index (κ3) is 5.86. The van der Waals surface area contributed by atoms with E-state index < -0.39 is 18.0 Å². The number of urea groups is 1. The van der Waals surface area contributed by atoms with Crippen LogP contribution in [0.1, 0.15) is 42.1 Å². The lowest BCUT2D eigenvalue weighted by Gasteiger charge is -2.28. The van der Waals surface area contributed by atoms with Crippen LogP contribution in [0.3, 0.4) is 0 Å². The lowest BCUT2D eigenvalue weighted by atomic mass is 9.95. The molecule has 1 aliphatic heterocycles. The highest BCUT2D eigenvalue weighted by Crippen LogP contribution is 2.35. The molecule has 0 spiro atoms. The maximum absolute atomic E-state index is 13.1. The Kier molecular flexibility index (Phi) is 7.90. The van der Waals surface area contributed by atoms with Crippen molar-refractivity contribution in [3.8, 4) is 11.5 Å². The van der Waals surface area contributed by atoms with Crippen molar-refractivity contribution < 1.29 is 23.8 Å². The first kappa shape index (κ1) is 24.9. The molecule has 1 aliphatic rings. The van der Waals surface area contributed by atoms with Gasteiger partial charge in [0, 0.05) is 5.70 Å². The number of rotatable bonds is 9. The molecule has 1 heterocycles. The molecule has 0 aliphatic carbocycles. The summed E-state index contributed by atoms with van der Waals surface area (Å²) in [4.78, 5) is 25.4. The number of hydrogen-bond acceptors (Lipinski definition) is 5. The summed E-state index contributed by atoms with van der Waals surface area (Å²) in [6, 6.07) is 21.8. The van der Waals surface area contributed by atoms with Crippen LogP contribution in [0, 0.1) is 6.92 Å². The summed E-state index contributed by atoms with van der Waals surface area (Å²) in [5, 5.41) is 5.52. The van der Waals surface area contributed by atoms with E-state index in [2.05, 4.69) is 10.6 Å². The van der Waals surface area contributed by atoms with Gasteiger partial charge >= 0.3 is 12.0 Å². The Hall–Kier alpha value is -4.26. The highest BCUT2D eigenvalue weighted by molar-refractivity contribution is 5.95. The van der Waals surface area contributed by atoms with E-state index >= 15 is 0 Å². The van der Waals surface area contributed by atoms with Crippen molar-refractivity contribution in [1.29, 1.82) is 0 Å². The second-order valence-corrected chi connectivity index (χ2v) is 8.49. The summed E-state index contributed by atoms with van der Waals surface area (Å²) < 4.78 is 17.5. The topological polar surface area (TPSA) is 85.9 Å². The molecule has 3 aromatic carbocycles. The molecule has 0 saturated heterocycles. The Bertz CT molecular complexity index is 1270. The van der Waals surface area contributed by atoms with Gasteiger partial charge in [-0.25, -0.2) is 9.59 Å². The molecular formula is C29H30N2O5. The van der Waals surface area contributed by atoms with Crippen LogP contribution in [-0.4, -0.2) is 18.6 Å². The lowest BCUT2D eigenvalue weighted by molar-refractivity contribution is -0.140. The number of benzene rings is 3. The Balaban J connectivity index is 1.58. The Morgan fingerprint density at radius 1 is 0.889 bits per heavy atom. The summed E-state index contributed by atoms with van der Waals surface area (Å²) in [5.41, 5.74) is 4.56. The van der Waals surface area contributed by atoms with Crippen LogP contribution in [0.5, 0.6) is 11.5 Å². The number of ether oxygens (including phenoxy) is 3. The summed E-state index contributed by atoms with van der Waals surface area (Å²) >= 11 is 0. The number of aryl methyl sites for hydroxylation is 1. The summed E-state index contributed by atoms with van der Waals surface area (Å²) in [7, 11) is 0. The fraction of sp³-hybridized carbons (Fsp3) is 0.241. The van der Waals surface area contributed by atoms with Crippen molar-refractivity contribution >= 4 is 12.0 Å². The van der Waals surface area contributed by atoms with Gasteiger partial charge in [-0.2, -0.15) is 0 Å². The zero-order valence-electron chi connectivity index (χ0n) is 20.7. The SMILES string of the molecule is CCOc1cc(C2NC(=O)NC(C)=C2C(=O)OCc2ccccc2)ccc1OCc1ccccc1C. The van der Waals surface area contributed by atoms with Crippen LogP contribution in [0.25, 0.3) is 0 Å². The molecule has 7 heteroatoms. The van der Waals surface area contributed by atoms with Crippen LogP contribution < -0.4 is 20.1 Å². The quantitative estimate of drug-likeness (QED) is 0.399. The van der Waals surface area contributed by atoms with Gasteiger partial charge in [-0.1, -0.05) is 60.7 Å². The number of nitrogens with one attached hydrogen (secondary N) is 2. The standard InChI is InChI=1S/C29H30N2O5/c1-4-34-25-16-22(14-15-24(25)35-18-23-13-9-8-10-19(23)2)27-26(20(3)30-29(33)31-27)28(32)36-17-21-11-6-5-7-12-21/h5-16,27H,4,17-18H2,1-3H3,(H2,30,31,33). The van der Waals surface area contributed by atoms with E-state index in [1.807, 2.05) is 74.5 Å². The van der Waals surface area contributed by atoms with E-state index in [1.165, 1.54) is 0 Å². The predicted octanol–water partition coefficient (Wildman–Crippen LogP) is 5.34. The second kappa shape index (κ2) is 11.4. The number of carbonyl (C=O) groups is 2. The number of hydrogen-bond donors (Lipinski definition) is 2. The number of esters is 1. The fourth-order valence-corrected chi connectivity index (χ4v) is 4.03. The normalized spacial score (nSPS) is 15.1. The molecule has 36 heavy (non-hydrogen) atoms. The highest BCUT2D eigenvalue weighted by atomic mass is 16.5. The monoisotopic (exact) mass is 486 g/mol. The number of carbonyl (C=O) groups excluding carboxylic acids is 2. The number of amides is 2. The minimum atomic E-state index is -0.702. The van der Waals surface area contributed by atoms with E-state index in [0.717, 1.165) is 16.7 Å². The zero-order valence-corrected chi connectivity index (χ0v) is 20.7. The molecule has 0 aromatic heterocycles. The van der Waals surface area contributed by atoms with Crippen LogP contribution in [0.2, 0.25) is 0 Å². The molecule has 186 valence electrons. The van der Waals surface area contributed by atoms with Crippen LogP contribution in [-0.2, 0) is 22.7 Å². The van der Waals surface area contributed by atoms with Crippen molar-refractivity contribution in [3.05, 3.63) is 106 Å². The smallest absolute Gasteiger partial charge is 0.338 e. The summed E-state index contributed by atoms with van der Waals surface area (Å²) in [5.74, 6) is 0.607. The molecule has 1 atom stereocenters. The average molecular weight is 487 g/mol. The van der Waals surface area contributed by atoms with Gasteiger partial charge < -0.3 is 24.8 Å². The first-order valence-corrected chi connectivity index (χ1v) is 11.9. The maximum Gasteiger partial charge on any atom is 0.338 e. The van der Waals surface area contributed by atoms with E-state index in [1.54, 1.807) is 19.1 Å². The van der Waals surface area contributed by atoms with Gasteiger partial charge in [-0.3, -0.25) is 0 Å².